The lowest BCUT2D eigenvalue weighted by atomic mass is 9.97. The summed E-state index contributed by atoms with van der Waals surface area (Å²) in [6.45, 7) is 9.34. The molecule has 2 fully saturated rings. The number of hydrogen-bond donors (Lipinski definition) is 1. The van der Waals surface area contributed by atoms with Gasteiger partial charge in [0.05, 0.1) is 17.3 Å². The fourth-order valence-corrected chi connectivity index (χ4v) is 5.62. The molecule has 9 heteroatoms. The van der Waals surface area contributed by atoms with Crippen molar-refractivity contribution in [2.75, 3.05) is 57.3 Å². The van der Waals surface area contributed by atoms with Crippen LogP contribution in [0, 0.1) is 18.7 Å². The number of nitrogens with one attached hydrogen (secondary N) is 1. The Hall–Kier alpha value is -2.94. The van der Waals surface area contributed by atoms with E-state index in [9.17, 15) is 9.18 Å². The van der Waals surface area contributed by atoms with Crippen molar-refractivity contribution in [3.8, 4) is 11.5 Å². The fourth-order valence-electron chi connectivity index (χ4n) is 5.49. The Labute approximate surface area is 234 Å². The molecule has 208 valence electrons. The van der Waals surface area contributed by atoms with Crippen LogP contribution in [0.4, 0.5) is 10.1 Å². The van der Waals surface area contributed by atoms with E-state index in [4.69, 9.17) is 21.0 Å². The quantitative estimate of drug-likeness (QED) is 0.377. The third-order valence-electron chi connectivity index (χ3n) is 7.75. The van der Waals surface area contributed by atoms with E-state index < -0.39 is 0 Å². The number of nitrogens with zero attached hydrogens (tertiary/aromatic N) is 4. The van der Waals surface area contributed by atoms with E-state index in [1.165, 1.54) is 6.07 Å². The Morgan fingerprint density at radius 2 is 1.85 bits per heavy atom. The molecule has 1 N–H and O–H groups in total. The highest BCUT2D eigenvalue weighted by Crippen LogP contribution is 2.26. The second kappa shape index (κ2) is 12.9. The van der Waals surface area contributed by atoms with Crippen LogP contribution in [-0.4, -0.2) is 73.0 Å². The van der Waals surface area contributed by atoms with Crippen molar-refractivity contribution in [2.45, 2.75) is 32.7 Å². The van der Waals surface area contributed by atoms with Crippen LogP contribution in [0.15, 0.2) is 52.9 Å². The largest absolute Gasteiger partial charge is 0.441 e. The number of benzene rings is 2. The lowest BCUT2D eigenvalue weighted by Crippen LogP contribution is -2.47. The van der Waals surface area contributed by atoms with Crippen molar-refractivity contribution >= 4 is 23.2 Å². The maximum Gasteiger partial charge on any atom is 0.226 e. The van der Waals surface area contributed by atoms with E-state index in [0.717, 1.165) is 82.1 Å². The number of rotatable bonds is 9. The lowest BCUT2D eigenvalue weighted by Gasteiger charge is -2.36. The number of aromatic nitrogens is 1. The fraction of sp³-hybridized carbons (Fsp3) is 0.467. The SMILES string of the molecule is Cc1oc(-c2ccc(Cl)cc2)nc1CN1CCC[C@H](C(=O)NCCCN2CCN(c3ccccc3F)CC2)C1. The molecule has 0 aliphatic carbocycles. The molecule has 2 aliphatic heterocycles. The zero-order valence-corrected chi connectivity index (χ0v) is 23.3. The summed E-state index contributed by atoms with van der Waals surface area (Å²) in [5.41, 5.74) is 2.50. The summed E-state index contributed by atoms with van der Waals surface area (Å²) in [5, 5.41) is 3.84. The number of para-hydroxylation sites is 1. The van der Waals surface area contributed by atoms with E-state index >= 15 is 0 Å². The molecule has 0 bridgehead atoms. The molecule has 0 unspecified atom stereocenters. The number of carbonyl (C=O) groups is 1. The Morgan fingerprint density at radius 1 is 1.08 bits per heavy atom. The highest BCUT2D eigenvalue weighted by atomic mass is 35.5. The van der Waals surface area contributed by atoms with Crippen molar-refractivity contribution in [1.29, 1.82) is 0 Å². The molecule has 2 aromatic carbocycles. The second-order valence-corrected chi connectivity index (χ2v) is 11.0. The van der Waals surface area contributed by atoms with Gasteiger partial charge in [-0.3, -0.25) is 14.6 Å². The summed E-state index contributed by atoms with van der Waals surface area (Å²) in [6, 6.07) is 14.4. The van der Waals surface area contributed by atoms with Crippen molar-refractivity contribution in [2.24, 2.45) is 5.92 Å². The number of anilines is 1. The molecule has 2 saturated heterocycles. The smallest absolute Gasteiger partial charge is 0.226 e. The normalized spacial score (nSPS) is 18.8. The Bertz CT molecular complexity index is 1240. The summed E-state index contributed by atoms with van der Waals surface area (Å²) in [4.78, 5) is 24.5. The summed E-state index contributed by atoms with van der Waals surface area (Å²) in [7, 11) is 0. The molecule has 3 heterocycles. The van der Waals surface area contributed by atoms with E-state index in [1.54, 1.807) is 6.07 Å². The van der Waals surface area contributed by atoms with Gasteiger partial charge in [0.2, 0.25) is 11.8 Å². The van der Waals surface area contributed by atoms with Gasteiger partial charge in [0.1, 0.15) is 11.6 Å². The number of amides is 1. The second-order valence-electron chi connectivity index (χ2n) is 10.5. The molecule has 5 rings (SSSR count). The highest BCUT2D eigenvalue weighted by molar-refractivity contribution is 6.30. The predicted octanol–water partition coefficient (Wildman–Crippen LogP) is 4.98. The number of halogens is 2. The van der Waals surface area contributed by atoms with Crippen molar-refractivity contribution in [1.82, 2.24) is 20.1 Å². The van der Waals surface area contributed by atoms with E-state index in [-0.39, 0.29) is 17.6 Å². The monoisotopic (exact) mass is 553 g/mol. The molecule has 39 heavy (non-hydrogen) atoms. The van der Waals surface area contributed by atoms with Gasteiger partial charge in [0.25, 0.3) is 0 Å². The van der Waals surface area contributed by atoms with Gasteiger partial charge < -0.3 is 14.6 Å². The molecule has 1 amide bonds. The molecular weight excluding hydrogens is 517 g/mol. The average Bonchev–Trinajstić information content (AvgIpc) is 3.32. The third-order valence-corrected chi connectivity index (χ3v) is 8.00. The molecule has 1 aromatic heterocycles. The first kappa shape index (κ1) is 27.6. The number of oxazole rings is 1. The third kappa shape index (κ3) is 7.18. The molecule has 0 saturated carbocycles. The Kier molecular flexibility index (Phi) is 9.17. The highest BCUT2D eigenvalue weighted by Gasteiger charge is 2.27. The standard InChI is InChI=1S/C30H37ClFN5O2/c1-22-27(34-30(39-22)23-9-11-25(31)12-10-23)21-36-14-4-6-24(20-36)29(38)33-13-5-15-35-16-18-37(19-17-35)28-8-3-2-7-26(28)32/h2-3,7-12,24H,4-6,13-21H2,1H3,(H,33,38)/t24-/m0/s1. The minimum absolute atomic E-state index is 0.00833. The summed E-state index contributed by atoms with van der Waals surface area (Å²) >= 11 is 6.00. The number of aryl methyl sites for hydroxylation is 1. The first-order valence-electron chi connectivity index (χ1n) is 13.9. The van der Waals surface area contributed by atoms with Gasteiger partial charge in [-0.2, -0.15) is 0 Å². The average molecular weight is 554 g/mol. The van der Waals surface area contributed by atoms with E-state index in [0.29, 0.717) is 29.7 Å². The zero-order chi connectivity index (χ0) is 27.2. The van der Waals surface area contributed by atoms with Gasteiger partial charge in [0.15, 0.2) is 0 Å². The predicted molar refractivity (Wildman–Crippen MR) is 152 cm³/mol. The van der Waals surface area contributed by atoms with Crippen LogP contribution < -0.4 is 10.2 Å². The molecule has 2 aliphatic rings. The topological polar surface area (TPSA) is 64.9 Å². The minimum atomic E-state index is -0.159. The Balaban J connectivity index is 1.03. The van der Waals surface area contributed by atoms with Crippen molar-refractivity contribution in [3.63, 3.8) is 0 Å². The first-order valence-corrected chi connectivity index (χ1v) is 14.3. The summed E-state index contributed by atoms with van der Waals surface area (Å²) in [5.74, 6) is 1.38. The van der Waals surface area contributed by atoms with Gasteiger partial charge in [-0.15, -0.1) is 0 Å². The first-order chi connectivity index (χ1) is 19.0. The van der Waals surface area contributed by atoms with Crippen molar-refractivity contribution < 1.29 is 13.6 Å². The zero-order valence-electron chi connectivity index (χ0n) is 22.5. The molecule has 0 radical (unpaired) electrons. The van der Waals surface area contributed by atoms with Gasteiger partial charge >= 0.3 is 0 Å². The summed E-state index contributed by atoms with van der Waals surface area (Å²) < 4.78 is 20.0. The Morgan fingerprint density at radius 3 is 2.62 bits per heavy atom. The summed E-state index contributed by atoms with van der Waals surface area (Å²) in [6.07, 6.45) is 2.81. The van der Waals surface area contributed by atoms with Crippen LogP contribution in [0.2, 0.25) is 5.02 Å². The molecular formula is C30H37ClFN5O2. The molecule has 0 spiro atoms. The van der Waals surface area contributed by atoms with Crippen LogP contribution in [0.1, 0.15) is 30.7 Å². The number of hydrogen-bond acceptors (Lipinski definition) is 6. The van der Waals surface area contributed by atoms with Crippen LogP contribution in [0.3, 0.4) is 0 Å². The maximum absolute atomic E-state index is 14.1. The van der Waals surface area contributed by atoms with Gasteiger partial charge in [-0.1, -0.05) is 23.7 Å². The van der Waals surface area contributed by atoms with Gasteiger partial charge in [-0.05, 0) is 75.7 Å². The number of piperazine rings is 1. The van der Waals surface area contributed by atoms with Crippen LogP contribution >= 0.6 is 11.6 Å². The maximum atomic E-state index is 14.1. The van der Waals surface area contributed by atoms with Crippen molar-refractivity contribution in [3.05, 3.63) is 70.8 Å². The molecule has 3 aromatic rings. The van der Waals surface area contributed by atoms with Crippen LogP contribution in [0.5, 0.6) is 0 Å². The van der Waals surface area contributed by atoms with Gasteiger partial charge in [0, 0.05) is 56.4 Å². The lowest BCUT2D eigenvalue weighted by molar-refractivity contribution is -0.126. The van der Waals surface area contributed by atoms with E-state index in [2.05, 4.69) is 20.0 Å². The van der Waals surface area contributed by atoms with E-state index in [1.807, 2.05) is 43.3 Å². The van der Waals surface area contributed by atoms with Crippen LogP contribution in [-0.2, 0) is 11.3 Å². The molecule has 7 nitrogen and oxygen atoms in total. The van der Waals surface area contributed by atoms with Crippen LogP contribution in [0.25, 0.3) is 11.5 Å². The number of carbonyl (C=O) groups excluding carboxylic acids is 1. The number of likely N-dealkylation sites (tertiary alicyclic amines) is 1. The molecule has 1 atom stereocenters. The number of piperidine rings is 1. The minimum Gasteiger partial charge on any atom is -0.441 e. The van der Waals surface area contributed by atoms with Gasteiger partial charge in [-0.25, -0.2) is 9.37 Å².